The lowest BCUT2D eigenvalue weighted by Gasteiger charge is -2.32. The molecule has 0 spiro atoms. The average Bonchev–Trinajstić information content (AvgIpc) is 3.07. The van der Waals surface area contributed by atoms with Gasteiger partial charge in [-0.25, -0.2) is 0 Å². The zero-order valence-electron chi connectivity index (χ0n) is 14.0. The number of hydrogen-bond donors (Lipinski definition) is 0. The monoisotopic (exact) mass is 320 g/mol. The van der Waals surface area contributed by atoms with Crippen LogP contribution in [0.4, 0.5) is 0 Å². The number of carbonyl (C=O) groups excluding carboxylic acids is 2. The average molecular weight is 320 g/mol. The van der Waals surface area contributed by atoms with Gasteiger partial charge in [0.25, 0.3) is 0 Å². The van der Waals surface area contributed by atoms with E-state index in [2.05, 4.69) is 0 Å². The zero-order chi connectivity index (χ0) is 16.5. The Labute approximate surface area is 136 Å². The van der Waals surface area contributed by atoms with Crippen LogP contribution in [0.3, 0.4) is 0 Å². The molecule has 5 aliphatic heterocycles. The lowest BCUT2D eigenvalue weighted by molar-refractivity contribution is -0.156. The maximum atomic E-state index is 11.6. The third-order valence-electron chi connectivity index (χ3n) is 6.09. The fourth-order valence-electron chi connectivity index (χ4n) is 4.34. The van der Waals surface area contributed by atoms with Gasteiger partial charge in [-0.1, -0.05) is 39.8 Å². The van der Waals surface area contributed by atoms with Crippen LogP contribution in [0.5, 0.6) is 0 Å². The summed E-state index contributed by atoms with van der Waals surface area (Å²) in [6.45, 7) is 7.78. The molecule has 5 heterocycles. The van der Waals surface area contributed by atoms with Gasteiger partial charge in [0, 0.05) is 23.7 Å². The second-order valence-electron chi connectivity index (χ2n) is 7.54. The quantitative estimate of drug-likeness (QED) is 0.500. The van der Waals surface area contributed by atoms with E-state index in [4.69, 9.17) is 14.2 Å². The minimum atomic E-state index is 0.0359. The number of hydrogen-bond acceptors (Lipinski definition) is 5. The molecular weight excluding hydrogens is 296 g/mol. The molecule has 126 valence electrons. The molecule has 5 aliphatic rings. The molecule has 0 aromatic heterocycles. The summed E-state index contributed by atoms with van der Waals surface area (Å²) in [5.74, 6) is 0.880. The summed E-state index contributed by atoms with van der Waals surface area (Å²) in [4.78, 5) is 23.1. The first-order valence-electron chi connectivity index (χ1n) is 8.62. The third-order valence-corrected chi connectivity index (χ3v) is 6.09. The van der Waals surface area contributed by atoms with Crippen LogP contribution in [0, 0.1) is 23.7 Å². The van der Waals surface area contributed by atoms with Gasteiger partial charge in [-0.3, -0.25) is 9.59 Å². The number of carbonyl (C=O) groups is 2. The standard InChI is InChI=1S/C9H12O3.C9H12O2/c1-3-5(10)4(2)7-9-8(12-9)6(3)11-7;1-5-7-3-4-8(11-7)6(2)9(5)10/h3-4,6-9H,1-2H3;3-8H,1-2H3/t3-,4+,6+,7-,8+,9?;5-,6+,7+,8-/m0./s1. The van der Waals surface area contributed by atoms with E-state index in [1.165, 1.54) is 0 Å². The summed E-state index contributed by atoms with van der Waals surface area (Å²) in [5, 5.41) is 0. The highest BCUT2D eigenvalue weighted by atomic mass is 16.7. The molecule has 0 aliphatic carbocycles. The summed E-state index contributed by atoms with van der Waals surface area (Å²) in [6, 6.07) is 0. The summed E-state index contributed by atoms with van der Waals surface area (Å²) in [7, 11) is 0. The zero-order valence-corrected chi connectivity index (χ0v) is 14.0. The highest BCUT2D eigenvalue weighted by Crippen LogP contribution is 2.49. The van der Waals surface area contributed by atoms with Gasteiger partial charge >= 0.3 is 0 Å². The number of Topliss-reactive ketones (excluding diaryl/α,β-unsaturated/α-hetero) is 2. The molecular formula is C18H24O5. The highest BCUT2D eigenvalue weighted by Gasteiger charge is 2.65. The molecule has 0 radical (unpaired) electrons. The van der Waals surface area contributed by atoms with Gasteiger partial charge < -0.3 is 14.2 Å². The van der Waals surface area contributed by atoms with Crippen molar-refractivity contribution in [3.63, 3.8) is 0 Å². The van der Waals surface area contributed by atoms with Crippen LogP contribution in [0.25, 0.3) is 0 Å². The van der Waals surface area contributed by atoms with Crippen molar-refractivity contribution in [2.75, 3.05) is 0 Å². The molecule has 0 amide bonds. The number of ketones is 2. The Balaban J connectivity index is 0.000000118. The molecule has 5 nitrogen and oxygen atoms in total. The van der Waals surface area contributed by atoms with Crippen LogP contribution < -0.4 is 0 Å². The summed E-state index contributed by atoms with van der Waals surface area (Å²) >= 11 is 0. The molecule has 23 heavy (non-hydrogen) atoms. The Morgan fingerprint density at radius 3 is 1.48 bits per heavy atom. The van der Waals surface area contributed by atoms with Gasteiger partial charge in [-0.05, 0) is 0 Å². The largest absolute Gasteiger partial charge is 0.368 e. The van der Waals surface area contributed by atoms with Gasteiger partial charge in [0.15, 0.2) is 0 Å². The van der Waals surface area contributed by atoms with E-state index in [0.717, 1.165) is 0 Å². The van der Waals surface area contributed by atoms with Gasteiger partial charge in [-0.15, -0.1) is 0 Å². The molecule has 10 atom stereocenters. The fourth-order valence-corrected chi connectivity index (χ4v) is 4.34. The Bertz CT molecular complexity index is 528. The van der Waals surface area contributed by atoms with E-state index < -0.39 is 0 Å². The summed E-state index contributed by atoms with van der Waals surface area (Å²) < 4.78 is 16.7. The van der Waals surface area contributed by atoms with Gasteiger partial charge in [0.05, 0.1) is 24.4 Å². The smallest absolute Gasteiger partial charge is 0.144 e. The van der Waals surface area contributed by atoms with Crippen LogP contribution in [0.2, 0.25) is 0 Å². The van der Waals surface area contributed by atoms with Crippen molar-refractivity contribution >= 4 is 11.6 Å². The van der Waals surface area contributed by atoms with E-state index in [-0.39, 0.29) is 60.3 Å². The Hall–Kier alpha value is -1.04. The van der Waals surface area contributed by atoms with Crippen molar-refractivity contribution in [2.45, 2.75) is 64.3 Å². The van der Waals surface area contributed by atoms with E-state index in [1.807, 2.05) is 39.8 Å². The van der Waals surface area contributed by atoms with Crippen LogP contribution in [0.15, 0.2) is 12.2 Å². The number of epoxide rings is 1. The van der Waals surface area contributed by atoms with Crippen molar-refractivity contribution in [3.05, 3.63) is 12.2 Å². The first kappa shape index (κ1) is 15.5. The van der Waals surface area contributed by atoms with Gasteiger partial charge in [0.2, 0.25) is 0 Å². The molecule has 5 heteroatoms. The van der Waals surface area contributed by atoms with Crippen LogP contribution in [-0.2, 0) is 23.8 Å². The highest BCUT2D eigenvalue weighted by molar-refractivity contribution is 5.86. The summed E-state index contributed by atoms with van der Waals surface area (Å²) in [5.41, 5.74) is 0. The van der Waals surface area contributed by atoms with Crippen molar-refractivity contribution in [2.24, 2.45) is 23.7 Å². The van der Waals surface area contributed by atoms with Crippen LogP contribution in [0.1, 0.15) is 27.7 Å². The first-order valence-corrected chi connectivity index (χ1v) is 8.62. The molecule has 0 saturated carbocycles. The number of fused-ring (bicyclic) bond motifs is 7. The van der Waals surface area contributed by atoms with Crippen LogP contribution in [-0.4, -0.2) is 48.2 Å². The number of ether oxygens (including phenoxy) is 3. The minimum absolute atomic E-state index is 0.0359. The van der Waals surface area contributed by atoms with E-state index >= 15 is 0 Å². The lowest BCUT2D eigenvalue weighted by Crippen LogP contribution is -2.44. The van der Waals surface area contributed by atoms with Crippen LogP contribution >= 0.6 is 0 Å². The second kappa shape index (κ2) is 5.23. The minimum Gasteiger partial charge on any atom is -0.368 e. The Morgan fingerprint density at radius 1 is 0.609 bits per heavy atom. The molecule has 0 N–H and O–H groups in total. The van der Waals surface area contributed by atoms with Gasteiger partial charge in [0.1, 0.15) is 23.8 Å². The molecule has 4 bridgehead atoms. The number of rotatable bonds is 0. The fraction of sp³-hybridized carbons (Fsp3) is 0.778. The SMILES string of the molecule is C[C@@H]1C(=O)[C@H](C)[C@@H]2C=C[C@H]1O2.C[C@@H]1C(=O)[C@H](C)[C@H]2O[C@@H]1C1O[C@@H]12. The van der Waals surface area contributed by atoms with E-state index in [9.17, 15) is 9.59 Å². The Kier molecular flexibility index (Phi) is 3.52. The Morgan fingerprint density at radius 2 is 1.00 bits per heavy atom. The van der Waals surface area contributed by atoms with Crippen molar-refractivity contribution in [1.29, 1.82) is 0 Å². The maximum Gasteiger partial charge on any atom is 0.144 e. The van der Waals surface area contributed by atoms with Crippen molar-refractivity contribution < 1.29 is 23.8 Å². The molecule has 4 saturated heterocycles. The van der Waals surface area contributed by atoms with E-state index in [0.29, 0.717) is 11.6 Å². The van der Waals surface area contributed by atoms with Gasteiger partial charge in [-0.2, -0.15) is 0 Å². The first-order chi connectivity index (χ1) is 10.9. The molecule has 0 aromatic carbocycles. The summed E-state index contributed by atoms with van der Waals surface area (Å²) in [6.07, 6.45) is 4.73. The predicted molar refractivity (Wildman–Crippen MR) is 81.8 cm³/mol. The topological polar surface area (TPSA) is 65.1 Å². The molecule has 0 aromatic rings. The normalized spacial score (nSPS) is 55.3. The second-order valence-corrected chi connectivity index (χ2v) is 7.54. The molecule has 1 unspecified atom stereocenters. The maximum absolute atomic E-state index is 11.6. The van der Waals surface area contributed by atoms with E-state index in [1.54, 1.807) is 0 Å². The molecule has 5 rings (SSSR count). The third kappa shape index (κ3) is 2.24. The lowest BCUT2D eigenvalue weighted by atomic mass is 9.88. The predicted octanol–water partition coefficient (Wildman–Crippen LogP) is 1.54. The molecule has 4 fully saturated rings. The van der Waals surface area contributed by atoms with Crippen molar-refractivity contribution in [3.8, 4) is 0 Å². The van der Waals surface area contributed by atoms with Crippen molar-refractivity contribution in [1.82, 2.24) is 0 Å².